The van der Waals surface area contributed by atoms with E-state index < -0.39 is 17.2 Å². The van der Waals surface area contributed by atoms with Gasteiger partial charge in [0.1, 0.15) is 26.2 Å². The lowest BCUT2D eigenvalue weighted by Crippen LogP contribution is -3.12. The molecule has 0 spiro atoms. The number of nitrogens with one attached hydrogen (secondary N) is 1. The molecule has 3 heterocycles. The van der Waals surface area contributed by atoms with Crippen LogP contribution < -0.4 is 16.1 Å². The Kier molecular flexibility index (Phi) is 5.23. The number of rotatable bonds is 5. The van der Waals surface area contributed by atoms with Gasteiger partial charge < -0.3 is 18.9 Å². The summed E-state index contributed by atoms with van der Waals surface area (Å²) in [6.45, 7) is 5.36. The molecule has 0 radical (unpaired) electrons. The molecule has 1 N–H and O–H groups in total. The summed E-state index contributed by atoms with van der Waals surface area (Å²) in [4.78, 5) is 42.7. The summed E-state index contributed by atoms with van der Waals surface area (Å²) in [5.41, 5.74) is -0.396. The lowest BCUT2D eigenvalue weighted by Gasteiger charge is -2.23. The lowest BCUT2D eigenvalue weighted by atomic mass is 10.4. The average molecular weight is 366 g/mol. The fraction of sp³-hybridized carbons (Fsp3) is 0.625. The van der Waals surface area contributed by atoms with E-state index in [0.717, 1.165) is 17.7 Å². The Morgan fingerprint density at radius 1 is 1.23 bits per heavy atom. The van der Waals surface area contributed by atoms with Gasteiger partial charge >= 0.3 is 11.7 Å². The minimum absolute atomic E-state index is 0.114. The molecule has 0 aromatic carbocycles. The van der Waals surface area contributed by atoms with Crippen molar-refractivity contribution in [1.29, 1.82) is 0 Å². The normalized spacial score (nSPS) is 15.5. The fourth-order valence-electron chi connectivity index (χ4n) is 3.19. The quantitative estimate of drug-likeness (QED) is 0.583. The Balaban J connectivity index is 2.13. The van der Waals surface area contributed by atoms with Crippen LogP contribution in [0.4, 0.5) is 0 Å². The van der Waals surface area contributed by atoms with Crippen LogP contribution in [0.15, 0.2) is 9.59 Å². The topological polar surface area (TPSA) is 102 Å². The molecular weight excluding hydrogens is 342 g/mol. The number of esters is 1. The van der Waals surface area contributed by atoms with Gasteiger partial charge in [0.15, 0.2) is 17.0 Å². The van der Waals surface area contributed by atoms with Crippen LogP contribution in [0.25, 0.3) is 11.2 Å². The number of ether oxygens (including phenoxy) is 2. The van der Waals surface area contributed by atoms with Crippen molar-refractivity contribution >= 4 is 17.1 Å². The van der Waals surface area contributed by atoms with Crippen LogP contribution in [0.3, 0.4) is 0 Å². The molecule has 2 aromatic rings. The largest absolute Gasteiger partial charge is 0.465 e. The van der Waals surface area contributed by atoms with Crippen LogP contribution in [0, 0.1) is 0 Å². The van der Waals surface area contributed by atoms with E-state index in [-0.39, 0.29) is 24.3 Å². The van der Waals surface area contributed by atoms with Crippen molar-refractivity contribution in [2.75, 3.05) is 32.9 Å². The van der Waals surface area contributed by atoms with Crippen LogP contribution >= 0.6 is 0 Å². The van der Waals surface area contributed by atoms with Crippen LogP contribution in [0.5, 0.6) is 0 Å². The number of carbonyl (C=O) groups excluding carboxylic acids is 1. The number of quaternary nitrogens is 1. The van der Waals surface area contributed by atoms with Gasteiger partial charge in [0.25, 0.3) is 5.56 Å². The van der Waals surface area contributed by atoms with E-state index in [4.69, 9.17) is 9.47 Å². The number of imidazole rings is 1. The summed E-state index contributed by atoms with van der Waals surface area (Å²) in [5.74, 6) is 0.143. The smallest absolute Gasteiger partial charge is 0.332 e. The first-order valence-electron chi connectivity index (χ1n) is 8.66. The zero-order chi connectivity index (χ0) is 18.8. The molecule has 10 nitrogen and oxygen atoms in total. The van der Waals surface area contributed by atoms with Crippen molar-refractivity contribution in [2.45, 2.75) is 20.0 Å². The molecule has 26 heavy (non-hydrogen) atoms. The molecular formula is C16H24N5O5+. The third-order valence-electron chi connectivity index (χ3n) is 4.63. The zero-order valence-electron chi connectivity index (χ0n) is 15.3. The lowest BCUT2D eigenvalue weighted by molar-refractivity contribution is -0.922. The Morgan fingerprint density at radius 3 is 2.58 bits per heavy atom. The second kappa shape index (κ2) is 7.42. The van der Waals surface area contributed by atoms with E-state index in [0.29, 0.717) is 25.6 Å². The Morgan fingerprint density at radius 2 is 1.92 bits per heavy atom. The highest BCUT2D eigenvalue weighted by molar-refractivity contribution is 5.75. The maximum Gasteiger partial charge on any atom is 0.332 e. The second-order valence-electron chi connectivity index (χ2n) is 6.34. The van der Waals surface area contributed by atoms with Gasteiger partial charge in [-0.2, -0.15) is 0 Å². The van der Waals surface area contributed by atoms with E-state index in [1.807, 2.05) is 0 Å². The average Bonchev–Trinajstić information content (AvgIpc) is 2.97. The summed E-state index contributed by atoms with van der Waals surface area (Å²) in [6, 6.07) is 0. The van der Waals surface area contributed by atoms with E-state index >= 15 is 0 Å². The summed E-state index contributed by atoms with van der Waals surface area (Å²) in [5, 5.41) is 0. The van der Waals surface area contributed by atoms with Crippen molar-refractivity contribution in [3.8, 4) is 0 Å². The number of fused-ring (bicyclic) bond motifs is 1. The molecule has 0 aliphatic carbocycles. The Hall–Kier alpha value is -2.46. The molecule has 3 rings (SSSR count). The number of morpholine rings is 1. The molecule has 1 saturated heterocycles. The molecule has 0 bridgehead atoms. The summed E-state index contributed by atoms with van der Waals surface area (Å²) < 4.78 is 14.3. The number of hydrogen-bond donors (Lipinski definition) is 1. The highest BCUT2D eigenvalue weighted by atomic mass is 16.5. The van der Waals surface area contributed by atoms with Crippen molar-refractivity contribution in [3.05, 3.63) is 26.7 Å². The molecule has 0 saturated carbocycles. The van der Waals surface area contributed by atoms with Crippen LogP contribution in [-0.2, 0) is 41.5 Å². The van der Waals surface area contributed by atoms with Crippen LogP contribution in [0.1, 0.15) is 12.7 Å². The van der Waals surface area contributed by atoms with Crippen molar-refractivity contribution in [2.24, 2.45) is 14.1 Å². The van der Waals surface area contributed by atoms with E-state index in [1.165, 1.54) is 16.5 Å². The maximum atomic E-state index is 12.7. The fourth-order valence-corrected chi connectivity index (χ4v) is 3.19. The zero-order valence-corrected chi connectivity index (χ0v) is 15.3. The first-order chi connectivity index (χ1) is 12.4. The van der Waals surface area contributed by atoms with Gasteiger partial charge in [0.05, 0.1) is 19.8 Å². The van der Waals surface area contributed by atoms with Gasteiger partial charge in [-0.1, -0.05) is 0 Å². The van der Waals surface area contributed by atoms with Gasteiger partial charge in [0, 0.05) is 14.1 Å². The van der Waals surface area contributed by atoms with E-state index in [2.05, 4.69) is 4.98 Å². The van der Waals surface area contributed by atoms with Gasteiger partial charge in [-0.15, -0.1) is 0 Å². The van der Waals surface area contributed by atoms with Crippen molar-refractivity contribution < 1.29 is 19.2 Å². The predicted octanol–water partition coefficient (Wildman–Crippen LogP) is -2.59. The summed E-state index contributed by atoms with van der Waals surface area (Å²) >= 11 is 0. The van der Waals surface area contributed by atoms with Crippen LogP contribution in [-0.4, -0.2) is 57.6 Å². The van der Waals surface area contributed by atoms with E-state index in [9.17, 15) is 14.4 Å². The molecule has 0 atom stereocenters. The van der Waals surface area contributed by atoms with E-state index in [1.54, 1.807) is 18.5 Å². The number of carbonyl (C=O) groups is 1. The van der Waals surface area contributed by atoms with Gasteiger partial charge in [-0.25, -0.2) is 9.78 Å². The highest BCUT2D eigenvalue weighted by Gasteiger charge is 2.24. The van der Waals surface area contributed by atoms with Gasteiger partial charge in [-0.05, 0) is 6.92 Å². The molecule has 10 heteroatoms. The SMILES string of the molecule is CCOC(=O)Cn1c(C[NH+]2CCOCC2)nc2c1c(=O)n(C)c(=O)n2C. The van der Waals surface area contributed by atoms with Gasteiger partial charge in [-0.3, -0.25) is 18.7 Å². The van der Waals surface area contributed by atoms with Crippen LogP contribution in [0.2, 0.25) is 0 Å². The first kappa shape index (κ1) is 18.3. The monoisotopic (exact) mass is 366 g/mol. The van der Waals surface area contributed by atoms with Crippen molar-refractivity contribution in [1.82, 2.24) is 18.7 Å². The molecule has 2 aromatic heterocycles. The number of aromatic nitrogens is 4. The Labute approximate surface area is 149 Å². The first-order valence-corrected chi connectivity index (χ1v) is 8.66. The molecule has 0 unspecified atom stereocenters. The summed E-state index contributed by atoms with van der Waals surface area (Å²) in [7, 11) is 2.98. The van der Waals surface area contributed by atoms with Gasteiger partial charge in [0.2, 0.25) is 0 Å². The number of aryl methyl sites for hydroxylation is 1. The molecule has 1 aliphatic rings. The standard InChI is InChI=1S/C16H23N5O5/c1-4-26-12(22)10-21-11(9-20-5-7-25-8-6-20)17-14-13(21)15(23)19(3)16(24)18(14)2/h4-10H2,1-3H3/p+1. The number of hydrogen-bond acceptors (Lipinski definition) is 6. The Bertz CT molecular complexity index is 935. The minimum atomic E-state index is -0.469. The third kappa shape index (κ3) is 3.29. The second-order valence-corrected chi connectivity index (χ2v) is 6.34. The third-order valence-corrected chi connectivity index (χ3v) is 4.63. The minimum Gasteiger partial charge on any atom is -0.465 e. The highest BCUT2D eigenvalue weighted by Crippen LogP contribution is 2.11. The number of nitrogens with zero attached hydrogens (tertiary/aromatic N) is 4. The molecule has 142 valence electrons. The summed E-state index contributed by atoms with van der Waals surface area (Å²) in [6.07, 6.45) is 0. The molecule has 0 amide bonds. The molecule has 1 aliphatic heterocycles. The maximum absolute atomic E-state index is 12.7. The molecule has 1 fully saturated rings. The predicted molar refractivity (Wildman–Crippen MR) is 92.1 cm³/mol. The van der Waals surface area contributed by atoms with Crippen molar-refractivity contribution in [3.63, 3.8) is 0 Å².